The maximum atomic E-state index is 13.1. The maximum absolute atomic E-state index is 13.1. The zero-order valence-electron chi connectivity index (χ0n) is 18.0. The number of carbonyl (C=O) groups excluding carboxylic acids is 2. The summed E-state index contributed by atoms with van der Waals surface area (Å²) in [6, 6.07) is 16.6. The van der Waals surface area contributed by atoms with Crippen LogP contribution in [0.5, 0.6) is 5.75 Å². The molecule has 2 aliphatic rings. The maximum Gasteiger partial charge on any atom is 0.270 e. The lowest BCUT2D eigenvalue weighted by Gasteiger charge is -2.39. The molecular formula is C25H24N4O3. The molecule has 0 spiro atoms. The van der Waals surface area contributed by atoms with Crippen LogP contribution in [0.15, 0.2) is 71.2 Å². The molecular weight excluding hydrogens is 404 g/mol. The number of methoxy groups -OCH3 is 1. The van der Waals surface area contributed by atoms with Gasteiger partial charge in [0.25, 0.3) is 5.91 Å². The Morgan fingerprint density at radius 3 is 2.59 bits per heavy atom. The van der Waals surface area contributed by atoms with Gasteiger partial charge in [0.1, 0.15) is 11.6 Å². The second-order valence-electron chi connectivity index (χ2n) is 7.87. The molecule has 2 aromatic carbocycles. The molecule has 3 N–H and O–H groups in total. The van der Waals surface area contributed by atoms with E-state index in [9.17, 15) is 14.9 Å². The van der Waals surface area contributed by atoms with E-state index in [1.807, 2.05) is 37.3 Å². The molecule has 0 fully saturated rings. The van der Waals surface area contributed by atoms with Gasteiger partial charge in [-0.15, -0.1) is 0 Å². The van der Waals surface area contributed by atoms with Gasteiger partial charge in [-0.05, 0) is 38.0 Å². The zero-order chi connectivity index (χ0) is 22.8. The van der Waals surface area contributed by atoms with Crippen LogP contribution in [0.25, 0.3) is 0 Å². The smallest absolute Gasteiger partial charge is 0.270 e. The van der Waals surface area contributed by atoms with Gasteiger partial charge in [-0.1, -0.05) is 35.9 Å². The predicted octanol–water partition coefficient (Wildman–Crippen LogP) is 3.45. The van der Waals surface area contributed by atoms with E-state index in [1.165, 1.54) is 5.01 Å². The van der Waals surface area contributed by atoms with Crippen LogP contribution in [0, 0.1) is 18.3 Å². The summed E-state index contributed by atoms with van der Waals surface area (Å²) < 4.78 is 5.51. The van der Waals surface area contributed by atoms with E-state index in [1.54, 1.807) is 25.3 Å². The van der Waals surface area contributed by atoms with Crippen molar-refractivity contribution in [2.24, 2.45) is 5.73 Å². The molecule has 162 valence electrons. The van der Waals surface area contributed by atoms with Crippen molar-refractivity contribution in [1.82, 2.24) is 10.4 Å². The van der Waals surface area contributed by atoms with Gasteiger partial charge in [-0.3, -0.25) is 15.0 Å². The van der Waals surface area contributed by atoms with E-state index >= 15 is 0 Å². The van der Waals surface area contributed by atoms with Gasteiger partial charge in [0, 0.05) is 28.8 Å². The molecule has 1 heterocycles. The van der Waals surface area contributed by atoms with E-state index in [2.05, 4.69) is 11.5 Å². The van der Waals surface area contributed by atoms with Crippen molar-refractivity contribution in [3.05, 3.63) is 87.9 Å². The minimum atomic E-state index is -0.647. The molecule has 0 radical (unpaired) electrons. The summed E-state index contributed by atoms with van der Waals surface area (Å²) in [6.45, 7) is 1.94. The Balaban J connectivity index is 1.83. The number of para-hydroxylation sites is 1. The summed E-state index contributed by atoms with van der Waals surface area (Å²) >= 11 is 0. The van der Waals surface area contributed by atoms with Crippen molar-refractivity contribution >= 4 is 11.7 Å². The third-order valence-electron chi connectivity index (χ3n) is 5.89. The van der Waals surface area contributed by atoms with E-state index in [4.69, 9.17) is 10.5 Å². The number of hydrazine groups is 1. The van der Waals surface area contributed by atoms with E-state index in [-0.39, 0.29) is 23.1 Å². The average Bonchev–Trinajstić information content (AvgIpc) is 2.81. The van der Waals surface area contributed by atoms with Crippen molar-refractivity contribution in [2.75, 3.05) is 7.11 Å². The average molecular weight is 428 g/mol. The summed E-state index contributed by atoms with van der Waals surface area (Å²) in [5, 5.41) is 11.4. The second-order valence-corrected chi connectivity index (χ2v) is 7.87. The number of ketones is 1. The number of rotatable bonds is 4. The molecule has 0 saturated carbocycles. The molecule has 1 unspecified atom stereocenters. The molecule has 0 bridgehead atoms. The molecule has 0 saturated heterocycles. The summed E-state index contributed by atoms with van der Waals surface area (Å²) in [5.41, 5.74) is 12.7. The van der Waals surface area contributed by atoms with Gasteiger partial charge in [0.05, 0.1) is 24.7 Å². The van der Waals surface area contributed by atoms with Crippen LogP contribution in [0.1, 0.15) is 46.7 Å². The van der Waals surface area contributed by atoms with Crippen molar-refractivity contribution < 1.29 is 14.3 Å². The number of ether oxygens (including phenoxy) is 1. The zero-order valence-corrected chi connectivity index (χ0v) is 18.0. The molecule has 7 heteroatoms. The minimum absolute atomic E-state index is 0.0583. The molecule has 1 atom stereocenters. The van der Waals surface area contributed by atoms with Crippen LogP contribution in [0.2, 0.25) is 0 Å². The van der Waals surface area contributed by atoms with E-state index in [0.29, 0.717) is 47.4 Å². The predicted molar refractivity (Wildman–Crippen MR) is 119 cm³/mol. The van der Waals surface area contributed by atoms with E-state index in [0.717, 1.165) is 5.56 Å². The number of benzene rings is 2. The van der Waals surface area contributed by atoms with Crippen LogP contribution < -0.4 is 15.9 Å². The Morgan fingerprint density at radius 2 is 1.91 bits per heavy atom. The van der Waals surface area contributed by atoms with Gasteiger partial charge in [0.2, 0.25) is 0 Å². The fourth-order valence-corrected chi connectivity index (χ4v) is 4.30. The number of nitrogens with two attached hydrogens (primary N) is 1. The summed E-state index contributed by atoms with van der Waals surface area (Å²) in [5.74, 6) is -0.396. The summed E-state index contributed by atoms with van der Waals surface area (Å²) in [7, 11) is 1.55. The summed E-state index contributed by atoms with van der Waals surface area (Å²) in [6.07, 6.45) is 1.57. The molecule has 1 amide bonds. The highest BCUT2D eigenvalue weighted by atomic mass is 16.5. The number of allylic oxidation sites excluding steroid dienone is 3. The van der Waals surface area contributed by atoms with Crippen molar-refractivity contribution in [2.45, 2.75) is 32.1 Å². The highest BCUT2D eigenvalue weighted by molar-refractivity contribution is 6.00. The van der Waals surface area contributed by atoms with E-state index < -0.39 is 5.92 Å². The Morgan fingerprint density at radius 1 is 1.19 bits per heavy atom. The Hall–Kier alpha value is -4.05. The Labute approximate surface area is 186 Å². The lowest BCUT2D eigenvalue weighted by atomic mass is 9.76. The number of hydrogen-bond acceptors (Lipinski definition) is 6. The monoisotopic (exact) mass is 428 g/mol. The first-order valence-corrected chi connectivity index (χ1v) is 10.4. The number of hydrogen-bond donors (Lipinski definition) is 2. The Kier molecular flexibility index (Phi) is 5.69. The Bertz CT molecular complexity index is 1190. The first-order valence-electron chi connectivity index (χ1n) is 10.4. The highest BCUT2D eigenvalue weighted by Gasteiger charge is 2.41. The number of aryl methyl sites for hydroxylation is 1. The van der Waals surface area contributed by atoms with Crippen LogP contribution in [0.4, 0.5) is 0 Å². The van der Waals surface area contributed by atoms with Gasteiger partial charge in [-0.25, -0.2) is 5.01 Å². The lowest BCUT2D eigenvalue weighted by molar-refractivity contribution is -0.116. The first kappa shape index (κ1) is 21.2. The second kappa shape index (κ2) is 8.60. The quantitative estimate of drug-likeness (QED) is 0.772. The van der Waals surface area contributed by atoms with Crippen molar-refractivity contribution in [3.63, 3.8) is 0 Å². The van der Waals surface area contributed by atoms with Gasteiger partial charge in [-0.2, -0.15) is 5.26 Å². The molecule has 7 nitrogen and oxygen atoms in total. The number of nitrogens with zero attached hydrogens (tertiary/aromatic N) is 2. The number of carbonyl (C=O) groups is 2. The van der Waals surface area contributed by atoms with Crippen molar-refractivity contribution in [3.8, 4) is 11.8 Å². The largest absolute Gasteiger partial charge is 0.496 e. The third-order valence-corrected chi connectivity index (χ3v) is 5.89. The lowest BCUT2D eigenvalue weighted by Crippen LogP contribution is -2.48. The number of amides is 1. The van der Waals surface area contributed by atoms with Gasteiger partial charge < -0.3 is 10.5 Å². The topological polar surface area (TPSA) is 108 Å². The van der Waals surface area contributed by atoms with Crippen LogP contribution in [-0.4, -0.2) is 23.8 Å². The first-order chi connectivity index (χ1) is 15.5. The third kappa shape index (κ3) is 3.60. The number of Topliss-reactive ketones (excluding diaryl/α,β-unsaturated/α-hetero) is 1. The fourth-order valence-electron chi connectivity index (χ4n) is 4.30. The van der Waals surface area contributed by atoms with Crippen LogP contribution in [0.3, 0.4) is 0 Å². The van der Waals surface area contributed by atoms with Crippen molar-refractivity contribution in [1.29, 1.82) is 5.26 Å². The van der Waals surface area contributed by atoms with Gasteiger partial charge in [0.15, 0.2) is 5.78 Å². The fraction of sp³-hybridized carbons (Fsp3) is 0.240. The number of nitriles is 1. The van der Waals surface area contributed by atoms with Gasteiger partial charge >= 0.3 is 0 Å². The molecule has 2 aromatic rings. The normalized spacial score (nSPS) is 18.2. The molecule has 32 heavy (non-hydrogen) atoms. The minimum Gasteiger partial charge on any atom is -0.496 e. The molecule has 1 aliphatic carbocycles. The van der Waals surface area contributed by atoms with Crippen LogP contribution >= 0.6 is 0 Å². The molecule has 4 rings (SSSR count). The standard InChI is InChI=1S/C25H24N4O3/c1-15-10-12-16(13-11-15)25(31)28-29-19-7-5-8-20(30)23(19)22(18(14-26)24(29)27)17-6-3-4-9-21(17)32-2/h3-4,6,9-13,22H,5,7-8,27H2,1-2H3,(H,28,31). The highest BCUT2D eigenvalue weighted by Crippen LogP contribution is 2.46. The molecule has 0 aromatic heterocycles. The number of nitrogens with one attached hydrogen (secondary N) is 1. The van der Waals surface area contributed by atoms with Crippen LogP contribution in [-0.2, 0) is 4.79 Å². The SMILES string of the molecule is COc1ccccc1C1C(C#N)=C(N)N(NC(=O)c2ccc(C)cc2)C2=C1C(=O)CCC2. The summed E-state index contributed by atoms with van der Waals surface area (Å²) in [4.78, 5) is 26.0. The molecule has 1 aliphatic heterocycles.